The van der Waals surface area contributed by atoms with Crippen molar-refractivity contribution in [3.8, 4) is 0 Å². The quantitative estimate of drug-likeness (QED) is 0.0864. The standard InChI is InChI=1S/C25H23N5O3S.C18H18ClN3O3S.C6H5N3/c1-26-18-8-7-17(27-13-18)11-19-12-21(24-22(28-19)14-30(2)25(24)31)29-20-9-6-16(15-4-5-15)10-23(20)34(3,32)33;1-22-9-14-17(18(22)23)13(8-16(19)21-14)20-12-6-5-11(10-3-4-10)7-15(12)26(2,24)25;1-8-5-2-3-6(7)9-4-5/h6-10,12-13,15H,4-5,11,14H2,2-3H3,(H,28,29);5-8,10H,3-4,9H2,1-2H3,(H,20,21);2-4H,(H2,7,9). The minimum Gasteiger partial charge on any atom is -0.384 e. The van der Waals surface area contributed by atoms with Crippen LogP contribution in [0.3, 0.4) is 0 Å². The number of nitrogen functional groups attached to an aromatic ring is 1. The van der Waals surface area contributed by atoms with Gasteiger partial charge in [0.05, 0.1) is 81.3 Å². The number of sulfone groups is 2. The molecule has 6 aromatic rings. The second-order valence-electron chi connectivity index (χ2n) is 17.3. The van der Waals surface area contributed by atoms with Crippen molar-refractivity contribution in [2.75, 3.05) is 43.0 Å². The summed E-state index contributed by atoms with van der Waals surface area (Å²) in [5.74, 6) is 0.985. The zero-order valence-electron chi connectivity index (χ0n) is 38.0. The molecule has 2 saturated carbocycles. The number of carbonyl (C=O) groups is 2. The van der Waals surface area contributed by atoms with E-state index in [-0.39, 0.29) is 26.8 Å². The van der Waals surface area contributed by atoms with Crippen LogP contribution in [0.15, 0.2) is 95.0 Å². The summed E-state index contributed by atoms with van der Waals surface area (Å²) in [6.45, 7) is 14.4. The van der Waals surface area contributed by atoms with E-state index in [0.717, 1.165) is 42.5 Å². The molecule has 4 aromatic heterocycles. The zero-order chi connectivity index (χ0) is 49.4. The minimum absolute atomic E-state index is 0.161. The second kappa shape index (κ2) is 19.3. The predicted molar refractivity (Wildman–Crippen MR) is 263 cm³/mol. The van der Waals surface area contributed by atoms with Gasteiger partial charge in [-0.2, -0.15) is 0 Å². The molecule has 4 aliphatic rings. The van der Waals surface area contributed by atoms with E-state index in [9.17, 15) is 26.4 Å². The molecule has 2 aliphatic carbocycles. The average molecular weight is 985 g/mol. The highest BCUT2D eigenvalue weighted by molar-refractivity contribution is 7.91. The summed E-state index contributed by atoms with van der Waals surface area (Å²) in [7, 11) is -3.53. The van der Waals surface area contributed by atoms with Gasteiger partial charge in [0.1, 0.15) is 11.0 Å². The van der Waals surface area contributed by atoms with Gasteiger partial charge < -0.3 is 26.2 Å². The summed E-state index contributed by atoms with van der Waals surface area (Å²) in [5.41, 5.74) is 13.7. The number of rotatable bonds is 10. The molecule has 0 atom stereocenters. The summed E-state index contributed by atoms with van der Waals surface area (Å²) in [6, 6.07) is 21.0. The lowest BCUT2D eigenvalue weighted by atomic mass is 10.1. The fourth-order valence-corrected chi connectivity index (χ4v) is 9.90. The van der Waals surface area contributed by atoms with Crippen molar-refractivity contribution in [1.29, 1.82) is 0 Å². The van der Waals surface area contributed by atoms with Crippen LogP contribution in [-0.2, 0) is 39.2 Å². The van der Waals surface area contributed by atoms with Crippen LogP contribution >= 0.6 is 11.6 Å². The van der Waals surface area contributed by atoms with Crippen LogP contribution in [0.25, 0.3) is 9.69 Å². The molecule has 6 heterocycles. The zero-order valence-corrected chi connectivity index (χ0v) is 40.4. The van der Waals surface area contributed by atoms with Crippen LogP contribution in [0.1, 0.15) is 92.1 Å². The number of nitrogens with two attached hydrogens (primary N) is 1. The number of halogens is 1. The molecular formula is C49H46ClN11O6S2. The first kappa shape index (κ1) is 48.0. The first-order valence-corrected chi connectivity index (χ1v) is 25.8. The lowest BCUT2D eigenvalue weighted by Crippen LogP contribution is -2.18. The molecule has 0 spiro atoms. The number of pyridine rings is 4. The fraction of sp³-hybridized carbons (Fsp3) is 0.265. The van der Waals surface area contributed by atoms with Crippen molar-refractivity contribution >= 4 is 83.0 Å². The molecule has 69 heavy (non-hydrogen) atoms. The minimum atomic E-state index is -3.49. The molecule has 2 aromatic carbocycles. The number of benzene rings is 2. The molecule has 20 heteroatoms. The van der Waals surface area contributed by atoms with Crippen molar-refractivity contribution in [3.05, 3.63) is 158 Å². The smallest absolute Gasteiger partial charge is 0.257 e. The average Bonchev–Trinajstić information content (AvgIpc) is 4.25. The van der Waals surface area contributed by atoms with Crippen LogP contribution in [0.5, 0.6) is 0 Å². The molecule has 0 radical (unpaired) electrons. The van der Waals surface area contributed by atoms with Gasteiger partial charge in [-0.25, -0.2) is 31.5 Å². The van der Waals surface area contributed by atoms with E-state index < -0.39 is 19.7 Å². The van der Waals surface area contributed by atoms with Crippen LogP contribution in [0, 0.1) is 13.1 Å². The van der Waals surface area contributed by atoms with E-state index in [2.05, 4.69) is 40.3 Å². The summed E-state index contributed by atoms with van der Waals surface area (Å²) in [4.78, 5) is 52.3. The van der Waals surface area contributed by atoms with Gasteiger partial charge in [-0.1, -0.05) is 41.9 Å². The number of hydrogen-bond donors (Lipinski definition) is 3. The summed E-state index contributed by atoms with van der Waals surface area (Å²) in [6.07, 6.45) is 10.1. The van der Waals surface area contributed by atoms with E-state index in [1.165, 1.54) is 24.9 Å². The van der Waals surface area contributed by atoms with Gasteiger partial charge in [0.25, 0.3) is 11.8 Å². The fourth-order valence-electron chi connectivity index (χ4n) is 7.95. The van der Waals surface area contributed by atoms with Crippen LogP contribution in [0.2, 0.25) is 5.15 Å². The van der Waals surface area contributed by atoms with Gasteiger partial charge in [-0.3, -0.25) is 24.5 Å². The van der Waals surface area contributed by atoms with Gasteiger partial charge in [0, 0.05) is 56.8 Å². The number of fused-ring (bicyclic) bond motifs is 2. The number of amides is 2. The number of carbonyl (C=O) groups excluding carboxylic acids is 2. The Labute approximate surface area is 405 Å². The molecule has 4 N–H and O–H groups in total. The molecule has 352 valence electrons. The maximum absolute atomic E-state index is 12.9. The Morgan fingerprint density at radius 2 is 1.13 bits per heavy atom. The van der Waals surface area contributed by atoms with Crippen molar-refractivity contribution in [2.24, 2.45) is 0 Å². The molecule has 2 amide bonds. The van der Waals surface area contributed by atoms with Gasteiger partial charge in [-0.15, -0.1) is 0 Å². The highest BCUT2D eigenvalue weighted by Gasteiger charge is 2.33. The monoisotopic (exact) mass is 983 g/mol. The molecule has 0 bridgehead atoms. The van der Waals surface area contributed by atoms with E-state index in [1.54, 1.807) is 84.6 Å². The van der Waals surface area contributed by atoms with E-state index in [0.29, 0.717) is 99.5 Å². The third kappa shape index (κ3) is 11.1. The third-order valence-electron chi connectivity index (χ3n) is 11.8. The van der Waals surface area contributed by atoms with Crippen molar-refractivity contribution in [2.45, 2.75) is 66.8 Å². The Bertz CT molecular complexity index is 3350. The number of anilines is 5. The van der Waals surface area contributed by atoms with Gasteiger partial charge >= 0.3 is 0 Å². The predicted octanol–water partition coefficient (Wildman–Crippen LogP) is 8.79. The third-order valence-corrected chi connectivity index (χ3v) is 14.2. The molecule has 17 nitrogen and oxygen atoms in total. The maximum Gasteiger partial charge on any atom is 0.257 e. The molecule has 0 unspecified atom stereocenters. The number of hydrogen-bond acceptors (Lipinski definition) is 13. The van der Waals surface area contributed by atoms with E-state index >= 15 is 0 Å². The van der Waals surface area contributed by atoms with E-state index in [4.69, 9.17) is 30.5 Å². The summed E-state index contributed by atoms with van der Waals surface area (Å²) < 4.78 is 49.8. The topological polar surface area (TPSA) is 219 Å². The summed E-state index contributed by atoms with van der Waals surface area (Å²) >= 11 is 6.10. The Hall–Kier alpha value is -7.45. The maximum atomic E-state index is 12.9. The molecule has 0 saturated heterocycles. The Morgan fingerprint density at radius 3 is 1.57 bits per heavy atom. The number of nitrogens with one attached hydrogen (secondary N) is 2. The van der Waals surface area contributed by atoms with Gasteiger partial charge in [-0.05, 0) is 91.1 Å². The Balaban J connectivity index is 0.000000161. The normalized spacial score (nSPS) is 14.9. The first-order chi connectivity index (χ1) is 32.8. The van der Waals surface area contributed by atoms with Crippen LogP contribution in [0.4, 0.5) is 39.9 Å². The first-order valence-electron chi connectivity index (χ1n) is 21.7. The molecule has 10 rings (SSSR count). The van der Waals surface area contributed by atoms with Crippen molar-refractivity contribution in [3.63, 3.8) is 0 Å². The lowest BCUT2D eigenvalue weighted by Gasteiger charge is -2.16. The highest BCUT2D eigenvalue weighted by Crippen LogP contribution is 2.44. The van der Waals surface area contributed by atoms with Crippen LogP contribution < -0.4 is 16.4 Å². The Morgan fingerprint density at radius 1 is 0.652 bits per heavy atom. The van der Waals surface area contributed by atoms with Gasteiger partial charge in [0.15, 0.2) is 19.7 Å². The molecule has 2 fully saturated rings. The number of aromatic nitrogens is 4. The number of nitrogens with zero attached hydrogens (tertiary/aromatic N) is 8. The largest absolute Gasteiger partial charge is 0.384 e. The SMILES string of the molecule is CN1Cc2nc(Cl)cc(Nc3ccc(C4CC4)cc3S(C)(=O)=O)c2C1=O.[C-]#[N+]c1ccc(Cc2cc(Nc3ccc(C4CC4)cc3S(C)(=O)=O)c3c(n2)CN(C)C3=O)nc1.[C-]#[N+]c1ccc(N)nc1. The molecular weight excluding hydrogens is 938 g/mol. The van der Waals surface area contributed by atoms with Crippen LogP contribution in [-0.4, -0.2) is 85.0 Å². The highest BCUT2D eigenvalue weighted by atomic mass is 35.5. The summed E-state index contributed by atoms with van der Waals surface area (Å²) in [5, 5.41) is 6.60. The van der Waals surface area contributed by atoms with E-state index in [1.807, 2.05) is 12.1 Å². The Kier molecular flexibility index (Phi) is 13.4. The van der Waals surface area contributed by atoms with Crippen molar-refractivity contribution < 1.29 is 26.4 Å². The van der Waals surface area contributed by atoms with Crippen molar-refractivity contribution in [1.82, 2.24) is 29.7 Å². The second-order valence-corrected chi connectivity index (χ2v) is 21.7. The molecule has 2 aliphatic heterocycles. The van der Waals surface area contributed by atoms with Gasteiger partial charge in [0.2, 0.25) is 11.4 Å². The lowest BCUT2D eigenvalue weighted by molar-refractivity contribution is 0.0809.